The van der Waals surface area contributed by atoms with Crippen molar-refractivity contribution in [2.45, 2.75) is 118 Å². The summed E-state index contributed by atoms with van der Waals surface area (Å²) in [4.78, 5) is 27.2. The molecule has 0 radical (unpaired) electrons. The van der Waals surface area contributed by atoms with Gasteiger partial charge in [0.15, 0.2) is 5.78 Å². The van der Waals surface area contributed by atoms with E-state index in [4.69, 9.17) is 0 Å². The highest BCUT2D eigenvalue weighted by Gasteiger charge is 2.75. The zero-order chi connectivity index (χ0) is 26.0. The molecule has 10 atom stereocenters. The van der Waals surface area contributed by atoms with Gasteiger partial charge in [-0.2, -0.15) is 0 Å². The van der Waals surface area contributed by atoms with Crippen molar-refractivity contribution in [3.05, 3.63) is 0 Å². The number of ketones is 1. The monoisotopic (exact) mass is 488 g/mol. The number of carbonyl (C=O) groups excluding carboxylic acids is 1. The molecule has 0 amide bonds. The molecule has 3 N–H and O–H groups in total. The number of hydrogen-bond donors (Lipinski definition) is 3. The molecule has 0 aromatic heterocycles. The zero-order valence-corrected chi connectivity index (χ0v) is 23.0. The summed E-state index contributed by atoms with van der Waals surface area (Å²) < 4.78 is 0. The van der Waals surface area contributed by atoms with Gasteiger partial charge in [-0.25, -0.2) is 0 Å². The van der Waals surface area contributed by atoms with Gasteiger partial charge in [-0.3, -0.25) is 9.59 Å². The van der Waals surface area contributed by atoms with E-state index in [0.717, 1.165) is 38.5 Å². The van der Waals surface area contributed by atoms with E-state index in [1.165, 1.54) is 0 Å². The molecule has 198 valence electrons. The van der Waals surface area contributed by atoms with Gasteiger partial charge in [-0.1, -0.05) is 48.5 Å². The van der Waals surface area contributed by atoms with Crippen LogP contribution < -0.4 is 0 Å². The lowest BCUT2D eigenvalue weighted by molar-refractivity contribution is -0.262. The van der Waals surface area contributed by atoms with E-state index in [1.807, 2.05) is 0 Å². The summed E-state index contributed by atoms with van der Waals surface area (Å²) in [5.74, 6) is -1.31. The first-order valence-electron chi connectivity index (χ1n) is 14.1. The van der Waals surface area contributed by atoms with Crippen LogP contribution in [0.3, 0.4) is 0 Å². The van der Waals surface area contributed by atoms with E-state index < -0.39 is 17.5 Å². The fourth-order valence-corrected chi connectivity index (χ4v) is 11.2. The van der Waals surface area contributed by atoms with Crippen molar-refractivity contribution in [3.63, 3.8) is 0 Å². The summed E-state index contributed by atoms with van der Waals surface area (Å²) in [6, 6.07) is 0. The summed E-state index contributed by atoms with van der Waals surface area (Å²) in [5.41, 5.74) is -1.94. The van der Waals surface area contributed by atoms with Gasteiger partial charge in [0.2, 0.25) is 0 Å². The summed E-state index contributed by atoms with van der Waals surface area (Å²) in [6.45, 7) is 15.6. The summed E-state index contributed by atoms with van der Waals surface area (Å²) in [6.07, 6.45) is 5.55. The maximum atomic E-state index is 14.4. The van der Waals surface area contributed by atoms with Gasteiger partial charge in [0.1, 0.15) is 6.10 Å². The lowest BCUT2D eigenvalue weighted by Gasteiger charge is -2.73. The lowest BCUT2D eigenvalue weighted by Crippen LogP contribution is -2.73. The molecule has 0 aromatic carbocycles. The van der Waals surface area contributed by atoms with Crippen molar-refractivity contribution >= 4 is 11.8 Å². The predicted molar refractivity (Wildman–Crippen MR) is 134 cm³/mol. The first kappa shape index (κ1) is 25.7. The highest BCUT2D eigenvalue weighted by Crippen LogP contribution is 2.76. The Morgan fingerprint density at radius 2 is 1.46 bits per heavy atom. The average Bonchev–Trinajstić information content (AvgIpc) is 2.74. The number of rotatable bonds is 1. The Morgan fingerprint density at radius 3 is 2.09 bits per heavy atom. The third-order valence-corrected chi connectivity index (χ3v) is 13.4. The molecule has 5 aliphatic carbocycles. The molecule has 0 spiro atoms. The summed E-state index contributed by atoms with van der Waals surface area (Å²) >= 11 is 0. The molecule has 5 nitrogen and oxygen atoms in total. The SMILES string of the molecule is CC1(C)CC[C@]2(C(=O)O)CC[C@]3(C)C(C(O)C(=O)C4[C@@]5(C)CC[C@H](O)C(C)(C)C5CC[C@]43C)C2C1. The third kappa shape index (κ3) is 3.00. The lowest BCUT2D eigenvalue weighted by atomic mass is 9.30. The van der Waals surface area contributed by atoms with Crippen molar-refractivity contribution in [1.82, 2.24) is 0 Å². The van der Waals surface area contributed by atoms with Crippen LogP contribution in [-0.4, -0.2) is 39.3 Å². The third-order valence-electron chi connectivity index (χ3n) is 13.4. The van der Waals surface area contributed by atoms with Gasteiger partial charge in [-0.05, 0) is 96.7 Å². The van der Waals surface area contributed by atoms with Crippen LogP contribution in [0.2, 0.25) is 0 Å². The highest BCUT2D eigenvalue weighted by atomic mass is 16.4. The van der Waals surface area contributed by atoms with E-state index >= 15 is 0 Å². The molecular weight excluding hydrogens is 440 g/mol. The van der Waals surface area contributed by atoms with Gasteiger partial charge < -0.3 is 15.3 Å². The Kier molecular flexibility index (Phi) is 5.39. The number of carboxylic acid groups (broad SMARTS) is 1. The van der Waals surface area contributed by atoms with E-state index in [2.05, 4.69) is 48.5 Å². The Morgan fingerprint density at radius 1 is 0.829 bits per heavy atom. The quantitative estimate of drug-likeness (QED) is 0.455. The second-order valence-corrected chi connectivity index (χ2v) is 15.5. The van der Waals surface area contributed by atoms with Crippen LogP contribution in [-0.2, 0) is 9.59 Å². The number of carbonyl (C=O) groups is 2. The van der Waals surface area contributed by atoms with Crippen molar-refractivity contribution in [2.24, 2.45) is 56.2 Å². The second-order valence-electron chi connectivity index (χ2n) is 15.5. The van der Waals surface area contributed by atoms with Gasteiger partial charge in [-0.15, -0.1) is 0 Å². The van der Waals surface area contributed by atoms with Crippen molar-refractivity contribution in [2.75, 3.05) is 0 Å². The molecule has 35 heavy (non-hydrogen) atoms. The maximum absolute atomic E-state index is 14.4. The molecule has 5 rings (SSSR count). The van der Waals surface area contributed by atoms with Crippen LogP contribution in [0.5, 0.6) is 0 Å². The number of hydrogen-bond acceptors (Lipinski definition) is 4. The molecule has 5 fully saturated rings. The summed E-state index contributed by atoms with van der Waals surface area (Å²) in [7, 11) is 0. The number of aliphatic hydroxyl groups excluding tert-OH is 2. The van der Waals surface area contributed by atoms with Crippen molar-refractivity contribution < 1.29 is 24.9 Å². The first-order chi connectivity index (χ1) is 16.0. The largest absolute Gasteiger partial charge is 0.481 e. The number of fused-ring (bicyclic) bond motifs is 7. The van der Waals surface area contributed by atoms with Gasteiger partial charge in [0, 0.05) is 11.8 Å². The molecule has 0 aliphatic heterocycles. The van der Waals surface area contributed by atoms with Crippen LogP contribution in [0.25, 0.3) is 0 Å². The Bertz CT molecular complexity index is 939. The molecular formula is C30H48O5. The number of Topliss-reactive ketones (excluding diaryl/α,β-unsaturated/α-hetero) is 1. The van der Waals surface area contributed by atoms with E-state index in [-0.39, 0.29) is 62.6 Å². The van der Waals surface area contributed by atoms with Crippen LogP contribution in [0.15, 0.2) is 0 Å². The minimum Gasteiger partial charge on any atom is -0.481 e. The van der Waals surface area contributed by atoms with Crippen molar-refractivity contribution in [1.29, 1.82) is 0 Å². The van der Waals surface area contributed by atoms with Crippen molar-refractivity contribution in [3.8, 4) is 0 Å². The second kappa shape index (κ2) is 7.34. The predicted octanol–water partition coefficient (Wildman–Crippen LogP) is 5.46. The first-order valence-corrected chi connectivity index (χ1v) is 14.1. The standard InChI is InChI=1S/C30H48O5/c1-25(2)12-14-30(24(34)35)15-13-28(6)20(17(30)16-25)21(32)22(33)23-27(5)10-9-19(31)26(3,4)18(27)8-11-29(23,28)7/h17-21,23,31-32H,8-16H2,1-7H3,(H,34,35)/t17?,18?,19-,20?,21?,23?,27-,28+,29+,30-/m0/s1. The molecule has 5 unspecified atom stereocenters. The Balaban J connectivity index is 1.64. The normalized spacial score (nSPS) is 54.6. The van der Waals surface area contributed by atoms with Crippen LogP contribution in [0.1, 0.15) is 106 Å². The fourth-order valence-electron chi connectivity index (χ4n) is 11.2. The average molecular weight is 489 g/mol. The molecule has 5 heteroatoms. The van der Waals surface area contributed by atoms with Crippen LogP contribution in [0.4, 0.5) is 0 Å². The summed E-state index contributed by atoms with van der Waals surface area (Å²) in [5, 5.41) is 33.3. The minimum atomic E-state index is -1.11. The minimum absolute atomic E-state index is 0.00948. The maximum Gasteiger partial charge on any atom is 0.309 e. The topological polar surface area (TPSA) is 94.8 Å². The highest BCUT2D eigenvalue weighted by molar-refractivity contribution is 5.89. The van der Waals surface area contributed by atoms with Crippen LogP contribution in [0, 0.1) is 56.2 Å². The molecule has 5 saturated carbocycles. The molecule has 0 aromatic rings. The van der Waals surface area contributed by atoms with E-state index in [0.29, 0.717) is 19.3 Å². The number of aliphatic carboxylic acids is 1. The Hall–Kier alpha value is -0.940. The van der Waals surface area contributed by atoms with E-state index in [9.17, 15) is 24.9 Å². The fraction of sp³-hybridized carbons (Fsp3) is 0.933. The van der Waals surface area contributed by atoms with Gasteiger partial charge in [0.05, 0.1) is 11.5 Å². The van der Waals surface area contributed by atoms with Crippen LogP contribution >= 0.6 is 0 Å². The van der Waals surface area contributed by atoms with E-state index in [1.54, 1.807) is 0 Å². The molecule has 0 heterocycles. The number of carboxylic acids is 1. The molecule has 0 bridgehead atoms. The van der Waals surface area contributed by atoms with Gasteiger partial charge >= 0.3 is 5.97 Å². The zero-order valence-electron chi connectivity index (χ0n) is 23.0. The smallest absolute Gasteiger partial charge is 0.309 e. The Labute approximate surface area is 211 Å². The molecule has 5 aliphatic rings. The molecule has 0 saturated heterocycles. The van der Waals surface area contributed by atoms with Gasteiger partial charge in [0.25, 0.3) is 0 Å². The number of aliphatic hydroxyl groups is 2.